The normalized spacial score (nSPS) is 14.0. The van der Waals surface area contributed by atoms with E-state index >= 15 is 0 Å². The van der Waals surface area contributed by atoms with Crippen molar-refractivity contribution < 1.29 is 28.6 Å². The summed E-state index contributed by atoms with van der Waals surface area (Å²) in [5.74, 6) is -2.63. The molecule has 0 radical (unpaired) electrons. The summed E-state index contributed by atoms with van der Waals surface area (Å²) >= 11 is 0. The number of aliphatic imine (C=N–C) groups is 1. The number of cyclic esters (lactones) is 1. The van der Waals surface area contributed by atoms with Crippen LogP contribution >= 0.6 is 0 Å². The number of rotatable bonds is 7. The molecule has 25 heavy (non-hydrogen) atoms. The van der Waals surface area contributed by atoms with Crippen molar-refractivity contribution in [2.24, 2.45) is 10.9 Å². The van der Waals surface area contributed by atoms with Crippen LogP contribution in [0.5, 0.6) is 0 Å². The summed E-state index contributed by atoms with van der Waals surface area (Å²) in [6.07, 6.45) is 0.815. The molecule has 1 aromatic carbocycles. The fraction of sp³-hybridized carbons (Fsp3) is 0.412. The highest BCUT2D eigenvalue weighted by molar-refractivity contribution is 6.09. The van der Waals surface area contributed by atoms with Crippen LogP contribution in [0.1, 0.15) is 13.8 Å². The molecule has 0 aliphatic carbocycles. The summed E-state index contributed by atoms with van der Waals surface area (Å²) in [4.78, 5) is 40.9. The second-order valence-corrected chi connectivity index (χ2v) is 5.04. The number of hydrogen-bond donors (Lipinski definition) is 0. The number of carbonyl (C=O) groups excluding carboxylic acids is 3. The monoisotopic (exact) mass is 348 g/mol. The van der Waals surface area contributed by atoms with Crippen LogP contribution in [0.15, 0.2) is 29.3 Å². The molecule has 1 saturated heterocycles. The van der Waals surface area contributed by atoms with E-state index in [1.54, 1.807) is 38.1 Å². The Morgan fingerprint density at radius 3 is 2.28 bits per heavy atom. The minimum Gasteiger partial charge on any atom is -0.465 e. The Bertz CT molecular complexity index is 638. The molecule has 2 rings (SSSR count). The maximum Gasteiger partial charge on any atom is 0.414 e. The number of ether oxygens (including phenoxy) is 3. The molecule has 0 unspecified atom stereocenters. The van der Waals surface area contributed by atoms with Gasteiger partial charge in [0.05, 0.1) is 25.4 Å². The van der Waals surface area contributed by atoms with E-state index in [1.807, 2.05) is 0 Å². The summed E-state index contributed by atoms with van der Waals surface area (Å²) in [6, 6.07) is 6.77. The molecule has 1 aliphatic heterocycles. The molecule has 0 bridgehead atoms. The molecular formula is C17H20N2O6. The molecule has 134 valence electrons. The molecule has 1 heterocycles. The van der Waals surface area contributed by atoms with Crippen molar-refractivity contribution >= 4 is 35.6 Å². The zero-order chi connectivity index (χ0) is 18.2. The molecule has 0 saturated carbocycles. The van der Waals surface area contributed by atoms with Crippen LogP contribution in [0.3, 0.4) is 0 Å². The van der Waals surface area contributed by atoms with E-state index in [9.17, 15) is 14.4 Å². The lowest BCUT2D eigenvalue weighted by Crippen LogP contribution is -2.29. The van der Waals surface area contributed by atoms with Crippen LogP contribution in [0.25, 0.3) is 0 Å². The molecule has 1 fully saturated rings. The van der Waals surface area contributed by atoms with Crippen LogP contribution in [-0.4, -0.2) is 50.6 Å². The first-order valence-corrected chi connectivity index (χ1v) is 7.98. The van der Waals surface area contributed by atoms with Crippen molar-refractivity contribution in [1.82, 2.24) is 0 Å². The molecule has 1 amide bonds. The first-order valence-electron chi connectivity index (χ1n) is 7.98. The molecule has 1 aromatic rings. The fourth-order valence-electron chi connectivity index (χ4n) is 2.19. The molecule has 0 atom stereocenters. The maximum atomic E-state index is 11.9. The Morgan fingerprint density at radius 2 is 1.80 bits per heavy atom. The van der Waals surface area contributed by atoms with Crippen molar-refractivity contribution in [2.75, 3.05) is 31.3 Å². The van der Waals surface area contributed by atoms with Crippen molar-refractivity contribution in [3.63, 3.8) is 0 Å². The molecule has 1 aliphatic rings. The highest BCUT2D eigenvalue weighted by Gasteiger charge is 2.28. The Labute approximate surface area is 145 Å². The van der Waals surface area contributed by atoms with Gasteiger partial charge in [0.1, 0.15) is 6.61 Å². The zero-order valence-electron chi connectivity index (χ0n) is 14.1. The maximum absolute atomic E-state index is 11.9. The summed E-state index contributed by atoms with van der Waals surface area (Å²) in [7, 11) is 0. The Balaban J connectivity index is 2.10. The van der Waals surface area contributed by atoms with E-state index in [2.05, 4.69) is 4.99 Å². The number of benzene rings is 1. The van der Waals surface area contributed by atoms with Gasteiger partial charge < -0.3 is 14.2 Å². The zero-order valence-corrected chi connectivity index (χ0v) is 14.1. The molecule has 0 aromatic heterocycles. The minimum absolute atomic E-state index is 0.156. The average molecular weight is 348 g/mol. The minimum atomic E-state index is -1.21. The fourth-order valence-corrected chi connectivity index (χ4v) is 2.19. The number of esters is 2. The lowest BCUT2D eigenvalue weighted by molar-refractivity contribution is -0.157. The van der Waals surface area contributed by atoms with Crippen LogP contribution < -0.4 is 4.90 Å². The number of nitrogens with zero attached hydrogens (tertiary/aromatic N) is 2. The van der Waals surface area contributed by atoms with Gasteiger partial charge in [-0.2, -0.15) is 0 Å². The van der Waals surface area contributed by atoms with E-state index < -0.39 is 17.9 Å². The van der Waals surface area contributed by atoms with Gasteiger partial charge in [0.15, 0.2) is 5.92 Å². The largest absolute Gasteiger partial charge is 0.465 e. The second-order valence-electron chi connectivity index (χ2n) is 5.04. The second kappa shape index (κ2) is 8.81. The lowest BCUT2D eigenvalue weighted by Gasteiger charge is -2.12. The van der Waals surface area contributed by atoms with Gasteiger partial charge in [-0.05, 0) is 38.1 Å². The predicted octanol–water partition coefficient (Wildman–Crippen LogP) is 2.09. The topological polar surface area (TPSA) is 94.5 Å². The quantitative estimate of drug-likeness (QED) is 0.324. The van der Waals surface area contributed by atoms with Gasteiger partial charge >= 0.3 is 18.0 Å². The third kappa shape index (κ3) is 4.79. The first-order chi connectivity index (χ1) is 12.1. The van der Waals surface area contributed by atoms with Crippen LogP contribution in [0.4, 0.5) is 16.2 Å². The summed E-state index contributed by atoms with van der Waals surface area (Å²) in [5, 5.41) is 0. The SMILES string of the molecule is CCOC(=O)C(C=Nc1ccc(N2CCOC2=O)cc1)C(=O)OCC. The van der Waals surface area contributed by atoms with E-state index in [0.717, 1.165) is 0 Å². The lowest BCUT2D eigenvalue weighted by atomic mass is 10.1. The summed E-state index contributed by atoms with van der Waals surface area (Å²) in [6.45, 7) is 4.47. The van der Waals surface area contributed by atoms with Gasteiger partial charge in [-0.3, -0.25) is 19.5 Å². The van der Waals surface area contributed by atoms with Gasteiger partial charge in [-0.1, -0.05) is 0 Å². The highest BCUT2D eigenvalue weighted by atomic mass is 16.6. The third-order valence-electron chi connectivity index (χ3n) is 3.38. The smallest absolute Gasteiger partial charge is 0.414 e. The van der Waals surface area contributed by atoms with Crippen molar-refractivity contribution in [3.8, 4) is 0 Å². The van der Waals surface area contributed by atoms with E-state index in [4.69, 9.17) is 14.2 Å². The Hall–Kier alpha value is -2.90. The van der Waals surface area contributed by atoms with E-state index in [-0.39, 0.29) is 19.3 Å². The molecule has 0 N–H and O–H groups in total. The number of anilines is 1. The number of carbonyl (C=O) groups is 3. The molecular weight excluding hydrogens is 328 g/mol. The standard InChI is InChI=1S/C17H20N2O6/c1-3-23-15(20)14(16(21)24-4-2)11-18-12-5-7-13(8-6-12)19-9-10-25-17(19)22/h5-8,11,14H,3-4,9-10H2,1-2H3. The summed E-state index contributed by atoms with van der Waals surface area (Å²) < 4.78 is 14.6. The van der Waals surface area contributed by atoms with E-state index in [0.29, 0.717) is 24.5 Å². The van der Waals surface area contributed by atoms with Crippen molar-refractivity contribution in [2.45, 2.75) is 13.8 Å². The van der Waals surface area contributed by atoms with Gasteiger partial charge in [-0.15, -0.1) is 0 Å². The molecule has 0 spiro atoms. The van der Waals surface area contributed by atoms with Crippen molar-refractivity contribution in [3.05, 3.63) is 24.3 Å². The van der Waals surface area contributed by atoms with Crippen LogP contribution in [0, 0.1) is 5.92 Å². The molecule has 8 heteroatoms. The van der Waals surface area contributed by atoms with Gasteiger partial charge in [0, 0.05) is 11.9 Å². The highest BCUT2D eigenvalue weighted by Crippen LogP contribution is 2.22. The van der Waals surface area contributed by atoms with Crippen LogP contribution in [-0.2, 0) is 23.8 Å². The number of hydrogen-bond acceptors (Lipinski definition) is 7. The molecule has 8 nitrogen and oxygen atoms in total. The van der Waals surface area contributed by atoms with Crippen LogP contribution in [0.2, 0.25) is 0 Å². The van der Waals surface area contributed by atoms with Gasteiger partial charge in [0.2, 0.25) is 0 Å². The third-order valence-corrected chi connectivity index (χ3v) is 3.38. The first kappa shape index (κ1) is 18.4. The van der Waals surface area contributed by atoms with Gasteiger partial charge in [0.25, 0.3) is 0 Å². The van der Waals surface area contributed by atoms with Gasteiger partial charge in [-0.25, -0.2) is 4.79 Å². The average Bonchev–Trinajstić information content (AvgIpc) is 3.02. The van der Waals surface area contributed by atoms with Crippen molar-refractivity contribution in [1.29, 1.82) is 0 Å². The number of amides is 1. The van der Waals surface area contributed by atoms with E-state index in [1.165, 1.54) is 11.1 Å². The Morgan fingerprint density at radius 1 is 1.20 bits per heavy atom. The summed E-state index contributed by atoms with van der Waals surface area (Å²) in [5.41, 5.74) is 1.21. The predicted molar refractivity (Wildman–Crippen MR) is 90.0 cm³/mol. The Kier molecular flexibility index (Phi) is 6.50.